The number of aryl methyl sites for hydroxylation is 1. The van der Waals surface area contributed by atoms with E-state index in [2.05, 4.69) is 19.2 Å². The lowest BCUT2D eigenvalue weighted by molar-refractivity contribution is -0.118. The summed E-state index contributed by atoms with van der Waals surface area (Å²) in [4.78, 5) is 10.2. The van der Waals surface area contributed by atoms with Gasteiger partial charge in [0.15, 0.2) is 11.6 Å². The number of unbranched alkanes of at least 4 members (excludes halogenated alkanes) is 1. The molecule has 0 bridgehead atoms. The first-order valence-corrected chi connectivity index (χ1v) is 9.28. The molecule has 0 saturated heterocycles. The van der Waals surface area contributed by atoms with Gasteiger partial charge in [-0.3, -0.25) is 4.79 Å². The molecule has 4 nitrogen and oxygen atoms in total. The third kappa shape index (κ3) is 30.8. The van der Waals surface area contributed by atoms with Crippen molar-refractivity contribution in [1.29, 1.82) is 0 Å². The summed E-state index contributed by atoms with van der Waals surface area (Å²) in [6.07, 6.45) is 3.50. The van der Waals surface area contributed by atoms with Crippen molar-refractivity contribution >= 4 is 5.91 Å². The van der Waals surface area contributed by atoms with Crippen molar-refractivity contribution in [1.82, 2.24) is 5.32 Å². The first-order chi connectivity index (χ1) is 11.9. The van der Waals surface area contributed by atoms with Crippen LogP contribution in [-0.4, -0.2) is 24.1 Å². The zero-order chi connectivity index (χ0) is 20.7. The monoisotopic (exact) mass is 360 g/mol. The number of phenols is 1. The van der Waals surface area contributed by atoms with Gasteiger partial charge >= 0.3 is 0 Å². The molecule has 0 aromatic heterocycles. The number of carbonyl (C=O) groups is 1. The number of carbonyl (C=O) groups excluding carboxylic acids is 1. The lowest BCUT2D eigenvalue weighted by Crippen LogP contribution is -2.22. The molecule has 0 spiro atoms. The first-order valence-electron chi connectivity index (χ1n) is 9.28. The number of hydrogen-bond donors (Lipinski definition) is 3. The fraction of sp³-hybridized carbons (Fsp3) is 0.650. The molecule has 0 fully saturated rings. The number of hydrogen-bond acceptors (Lipinski definition) is 3. The maximum Gasteiger partial charge on any atom is 0.216 e. The lowest BCUT2D eigenvalue weighted by atomic mass is 10.2. The Morgan fingerprint density at radius 3 is 1.92 bits per heavy atom. The summed E-state index contributed by atoms with van der Waals surface area (Å²) >= 11 is 0. The van der Waals surface area contributed by atoms with Gasteiger partial charge in [0.05, 0.1) is 0 Å². The van der Waals surface area contributed by atoms with Gasteiger partial charge in [-0.25, -0.2) is 4.39 Å². The lowest BCUT2D eigenvalue weighted by Gasteiger charge is -1.96. The summed E-state index contributed by atoms with van der Waals surface area (Å²) in [6, 6.07) is 4.28. The van der Waals surface area contributed by atoms with Crippen LogP contribution in [0.3, 0.4) is 0 Å². The van der Waals surface area contributed by atoms with Gasteiger partial charge in [0.25, 0.3) is 0 Å². The van der Waals surface area contributed by atoms with Crippen LogP contribution in [0.25, 0.3) is 0 Å². The van der Waals surface area contributed by atoms with Crippen molar-refractivity contribution in [3.05, 3.63) is 29.6 Å². The van der Waals surface area contributed by atoms with E-state index in [1.807, 2.05) is 27.7 Å². The Morgan fingerprint density at radius 2 is 1.64 bits per heavy atom. The van der Waals surface area contributed by atoms with Gasteiger partial charge in [0, 0.05) is 13.5 Å². The topological polar surface area (TPSA) is 75.4 Å². The molecular formula is C20H41FN2O2. The van der Waals surface area contributed by atoms with Gasteiger partial charge in [-0.2, -0.15) is 0 Å². The molecule has 0 heterocycles. The van der Waals surface area contributed by atoms with Crippen molar-refractivity contribution in [2.45, 2.75) is 74.7 Å². The molecule has 5 heteroatoms. The fourth-order valence-electron chi connectivity index (χ4n) is 0.978. The second-order valence-corrected chi connectivity index (χ2v) is 4.58. The molecule has 1 aromatic carbocycles. The van der Waals surface area contributed by atoms with E-state index in [-0.39, 0.29) is 11.7 Å². The van der Waals surface area contributed by atoms with E-state index in [4.69, 9.17) is 10.8 Å². The normalized spacial score (nSPS) is 7.92. The maximum atomic E-state index is 12.3. The van der Waals surface area contributed by atoms with E-state index < -0.39 is 5.82 Å². The molecule has 25 heavy (non-hydrogen) atoms. The molecule has 1 rings (SSSR count). The second-order valence-electron chi connectivity index (χ2n) is 4.58. The Labute approximate surface area is 155 Å². The third-order valence-electron chi connectivity index (χ3n) is 2.36. The Kier molecular flexibility index (Phi) is 34.0. The van der Waals surface area contributed by atoms with Gasteiger partial charge in [-0.15, -0.1) is 0 Å². The maximum absolute atomic E-state index is 12.3. The number of halogens is 1. The molecule has 0 unspecified atom stereocenters. The molecule has 0 aliphatic carbocycles. The average molecular weight is 361 g/mol. The molecule has 0 radical (unpaired) electrons. The van der Waals surface area contributed by atoms with Crippen molar-refractivity contribution in [2.24, 2.45) is 5.73 Å². The number of amides is 1. The van der Waals surface area contributed by atoms with Gasteiger partial charge in [-0.1, -0.05) is 60.5 Å². The molecule has 1 amide bonds. The van der Waals surface area contributed by atoms with Crippen LogP contribution < -0.4 is 11.1 Å². The number of nitrogens with one attached hydrogen (secondary N) is 1. The summed E-state index contributed by atoms with van der Waals surface area (Å²) in [6.45, 7) is 17.0. The van der Waals surface area contributed by atoms with E-state index in [1.54, 1.807) is 13.0 Å². The summed E-state index contributed by atoms with van der Waals surface area (Å²) in [5.41, 5.74) is 5.97. The highest BCUT2D eigenvalue weighted by molar-refractivity contribution is 5.72. The molecular weight excluding hydrogens is 319 g/mol. The minimum atomic E-state index is -0.560. The summed E-state index contributed by atoms with van der Waals surface area (Å²) in [7, 11) is 0. The molecule has 0 aliphatic heterocycles. The van der Waals surface area contributed by atoms with Crippen molar-refractivity contribution in [2.75, 3.05) is 13.1 Å². The highest BCUT2D eigenvalue weighted by atomic mass is 19.1. The highest BCUT2D eigenvalue weighted by Gasteiger charge is 1.96. The van der Waals surface area contributed by atoms with Crippen molar-refractivity contribution < 1.29 is 14.3 Å². The Hall–Kier alpha value is -1.62. The predicted octanol–water partition coefficient (Wildman–Crippen LogP) is 5.17. The quantitative estimate of drug-likeness (QED) is 0.648. The van der Waals surface area contributed by atoms with E-state index in [0.29, 0.717) is 13.1 Å². The van der Waals surface area contributed by atoms with Gasteiger partial charge in [0.2, 0.25) is 5.91 Å². The van der Waals surface area contributed by atoms with Gasteiger partial charge in [-0.05, 0) is 37.6 Å². The van der Waals surface area contributed by atoms with Crippen LogP contribution in [0.5, 0.6) is 5.75 Å². The smallest absolute Gasteiger partial charge is 0.216 e. The molecule has 0 aliphatic rings. The molecule has 1 aromatic rings. The van der Waals surface area contributed by atoms with E-state index in [9.17, 15) is 9.18 Å². The van der Waals surface area contributed by atoms with E-state index >= 15 is 0 Å². The minimum Gasteiger partial charge on any atom is -0.505 e. The van der Waals surface area contributed by atoms with Crippen LogP contribution in [0, 0.1) is 12.7 Å². The van der Waals surface area contributed by atoms with Crippen LogP contribution in [-0.2, 0) is 4.79 Å². The Balaban J connectivity index is -0.000000126. The summed E-state index contributed by atoms with van der Waals surface area (Å²) < 4.78 is 12.3. The first kappa shape index (κ1) is 31.2. The van der Waals surface area contributed by atoms with E-state index in [0.717, 1.165) is 12.0 Å². The van der Waals surface area contributed by atoms with E-state index in [1.165, 1.54) is 31.9 Å². The zero-order valence-electron chi connectivity index (χ0n) is 17.6. The molecule has 0 saturated carbocycles. The van der Waals surface area contributed by atoms with Gasteiger partial charge < -0.3 is 16.2 Å². The zero-order valence-corrected chi connectivity index (χ0v) is 17.6. The fourth-order valence-corrected chi connectivity index (χ4v) is 0.978. The van der Waals surface area contributed by atoms with Crippen molar-refractivity contribution in [3.8, 4) is 5.75 Å². The van der Waals surface area contributed by atoms with Crippen molar-refractivity contribution in [3.63, 3.8) is 0 Å². The Bertz CT molecular complexity index is 384. The minimum absolute atomic E-state index is 0.0125. The summed E-state index contributed by atoms with van der Waals surface area (Å²) in [5.74, 6) is -0.839. The largest absolute Gasteiger partial charge is 0.505 e. The van der Waals surface area contributed by atoms with Crippen LogP contribution in [0.15, 0.2) is 18.2 Å². The number of benzene rings is 1. The molecule has 150 valence electrons. The SMILES string of the molecule is CC.CC.CC(=O)NCCCN.CCCC.Cc1ccc(O)c(F)c1. The number of rotatable bonds is 4. The summed E-state index contributed by atoms with van der Waals surface area (Å²) in [5, 5.41) is 11.3. The number of phenolic OH excluding ortho intramolecular Hbond substituents is 1. The Morgan fingerprint density at radius 1 is 1.16 bits per heavy atom. The molecule has 4 N–H and O–H groups in total. The standard InChI is InChI=1S/C7H7FO.C5H12N2O.C4H10.2C2H6/c1-5-2-3-7(9)6(8)4-5;1-5(8)7-4-2-3-6;1-3-4-2;2*1-2/h2-4,9H,1H3;2-4,6H2,1H3,(H,7,8);3-4H2,1-2H3;2*1-2H3. The van der Waals surface area contributed by atoms with Crippen LogP contribution in [0.4, 0.5) is 4.39 Å². The third-order valence-corrected chi connectivity index (χ3v) is 2.36. The van der Waals surface area contributed by atoms with Crippen LogP contribution >= 0.6 is 0 Å². The van der Waals surface area contributed by atoms with Gasteiger partial charge in [0.1, 0.15) is 0 Å². The second kappa shape index (κ2) is 27.2. The molecule has 0 atom stereocenters. The van der Waals surface area contributed by atoms with Crippen LogP contribution in [0.1, 0.15) is 73.3 Å². The highest BCUT2D eigenvalue weighted by Crippen LogP contribution is 2.14. The average Bonchev–Trinajstić information content (AvgIpc) is 2.62. The number of nitrogens with two attached hydrogens (primary N) is 1. The number of aromatic hydroxyl groups is 1. The van der Waals surface area contributed by atoms with Crippen LogP contribution in [0.2, 0.25) is 0 Å². The predicted molar refractivity (Wildman–Crippen MR) is 108 cm³/mol.